The van der Waals surface area contributed by atoms with Gasteiger partial charge in [-0.15, -0.1) is 0 Å². The quantitative estimate of drug-likeness (QED) is 0.908. The van der Waals surface area contributed by atoms with Crippen molar-refractivity contribution in [1.82, 2.24) is 20.8 Å². The molecule has 1 aliphatic rings. The highest BCUT2D eigenvalue weighted by Crippen LogP contribution is 2.32. The van der Waals surface area contributed by atoms with Crippen LogP contribution in [0.3, 0.4) is 0 Å². The van der Waals surface area contributed by atoms with Crippen LogP contribution < -0.4 is 10.6 Å². The van der Waals surface area contributed by atoms with E-state index in [0.29, 0.717) is 36.5 Å². The van der Waals surface area contributed by atoms with Crippen LogP contribution >= 0.6 is 0 Å². The summed E-state index contributed by atoms with van der Waals surface area (Å²) in [7, 11) is 0. The van der Waals surface area contributed by atoms with Gasteiger partial charge >= 0.3 is 6.03 Å². The molecule has 2 N–H and O–H groups in total. The summed E-state index contributed by atoms with van der Waals surface area (Å²) in [4.78, 5) is 16.4. The van der Waals surface area contributed by atoms with Crippen LogP contribution in [0.2, 0.25) is 0 Å². The molecule has 7 heteroatoms. The van der Waals surface area contributed by atoms with E-state index in [1.54, 1.807) is 13.0 Å². The van der Waals surface area contributed by atoms with E-state index >= 15 is 0 Å². The molecular formula is C16H19FN4O2. The van der Waals surface area contributed by atoms with Crippen molar-refractivity contribution in [2.24, 2.45) is 0 Å². The molecule has 23 heavy (non-hydrogen) atoms. The average molecular weight is 318 g/mol. The Morgan fingerprint density at radius 1 is 1.52 bits per heavy atom. The van der Waals surface area contributed by atoms with Gasteiger partial charge in [-0.05, 0) is 36.5 Å². The van der Waals surface area contributed by atoms with Crippen LogP contribution in [0.15, 0.2) is 22.7 Å². The second-order valence-corrected chi connectivity index (χ2v) is 5.65. The van der Waals surface area contributed by atoms with Crippen LogP contribution in [0.4, 0.5) is 9.18 Å². The third kappa shape index (κ3) is 3.18. The topological polar surface area (TPSA) is 80.0 Å². The number of aromatic nitrogens is 2. The number of amides is 2. The molecule has 122 valence electrons. The van der Waals surface area contributed by atoms with E-state index in [1.807, 2.05) is 13.0 Å². The van der Waals surface area contributed by atoms with Crippen molar-refractivity contribution in [3.8, 4) is 0 Å². The molecule has 2 amide bonds. The van der Waals surface area contributed by atoms with Crippen molar-refractivity contribution in [2.45, 2.75) is 45.2 Å². The number of urea groups is 1. The predicted molar refractivity (Wildman–Crippen MR) is 81.2 cm³/mol. The van der Waals surface area contributed by atoms with Gasteiger partial charge < -0.3 is 15.2 Å². The van der Waals surface area contributed by atoms with E-state index in [-0.39, 0.29) is 23.9 Å². The van der Waals surface area contributed by atoms with Crippen molar-refractivity contribution in [2.75, 3.05) is 0 Å². The molecule has 1 aromatic heterocycles. The SMILES string of the molecule is CC[C@@H](NC(=O)N[C@H]1CCc2c(F)cccc21)c1noc(C)n1. The van der Waals surface area contributed by atoms with E-state index in [2.05, 4.69) is 20.8 Å². The third-order valence-corrected chi connectivity index (χ3v) is 4.09. The highest BCUT2D eigenvalue weighted by Gasteiger charge is 2.27. The van der Waals surface area contributed by atoms with Gasteiger partial charge in [0.25, 0.3) is 0 Å². The number of carbonyl (C=O) groups is 1. The Bertz CT molecular complexity index is 716. The van der Waals surface area contributed by atoms with E-state index in [1.165, 1.54) is 6.07 Å². The number of benzene rings is 1. The molecule has 0 saturated heterocycles. The minimum atomic E-state index is -0.319. The Morgan fingerprint density at radius 2 is 2.35 bits per heavy atom. The molecule has 0 aliphatic heterocycles. The van der Waals surface area contributed by atoms with Gasteiger partial charge in [-0.25, -0.2) is 9.18 Å². The fourth-order valence-corrected chi connectivity index (χ4v) is 2.92. The molecule has 0 unspecified atom stereocenters. The average Bonchev–Trinajstić information content (AvgIpc) is 3.13. The summed E-state index contributed by atoms with van der Waals surface area (Å²) in [5.41, 5.74) is 1.54. The van der Waals surface area contributed by atoms with Gasteiger partial charge in [0.2, 0.25) is 5.89 Å². The smallest absolute Gasteiger partial charge is 0.315 e. The van der Waals surface area contributed by atoms with Crippen LogP contribution in [-0.4, -0.2) is 16.2 Å². The summed E-state index contributed by atoms with van der Waals surface area (Å²) < 4.78 is 18.7. The zero-order valence-corrected chi connectivity index (χ0v) is 13.1. The number of nitrogens with zero attached hydrogens (tertiary/aromatic N) is 2. The molecule has 2 aromatic rings. The summed E-state index contributed by atoms with van der Waals surface area (Å²) in [6.45, 7) is 3.63. The van der Waals surface area contributed by atoms with Crippen molar-refractivity contribution in [3.05, 3.63) is 46.9 Å². The zero-order chi connectivity index (χ0) is 16.4. The minimum absolute atomic E-state index is 0.176. The Labute approximate surface area is 133 Å². The number of fused-ring (bicyclic) bond motifs is 1. The fourth-order valence-electron chi connectivity index (χ4n) is 2.92. The molecule has 2 atom stereocenters. The first-order valence-electron chi connectivity index (χ1n) is 7.73. The lowest BCUT2D eigenvalue weighted by Crippen LogP contribution is -2.39. The van der Waals surface area contributed by atoms with Crippen molar-refractivity contribution in [3.63, 3.8) is 0 Å². The number of carbonyl (C=O) groups excluding carboxylic acids is 1. The third-order valence-electron chi connectivity index (χ3n) is 4.09. The number of halogens is 1. The predicted octanol–water partition coefficient (Wildman–Crippen LogP) is 2.95. The van der Waals surface area contributed by atoms with Gasteiger partial charge in [0.05, 0.1) is 12.1 Å². The van der Waals surface area contributed by atoms with Gasteiger partial charge in [0.15, 0.2) is 5.82 Å². The number of hydrogen-bond donors (Lipinski definition) is 2. The summed E-state index contributed by atoms with van der Waals surface area (Å²) in [5.74, 6) is 0.708. The normalized spacial score (nSPS) is 17.6. The number of rotatable bonds is 4. The molecule has 0 bridgehead atoms. The maximum absolute atomic E-state index is 13.7. The van der Waals surface area contributed by atoms with E-state index < -0.39 is 0 Å². The lowest BCUT2D eigenvalue weighted by molar-refractivity contribution is 0.232. The number of aryl methyl sites for hydroxylation is 1. The summed E-state index contributed by atoms with van der Waals surface area (Å²) in [6.07, 6.45) is 1.97. The Morgan fingerprint density at radius 3 is 3.04 bits per heavy atom. The largest absolute Gasteiger partial charge is 0.340 e. The van der Waals surface area contributed by atoms with Gasteiger partial charge in [0, 0.05) is 6.92 Å². The molecule has 1 aliphatic carbocycles. The summed E-state index contributed by atoms with van der Waals surface area (Å²) in [5, 5.41) is 9.58. The van der Waals surface area contributed by atoms with Crippen LogP contribution in [0.1, 0.15) is 54.7 Å². The Hall–Kier alpha value is -2.44. The lowest BCUT2D eigenvalue weighted by Gasteiger charge is -2.18. The standard InChI is InChI=1S/C16H19FN4O2/c1-3-13(15-18-9(2)23-21-15)19-16(22)20-14-8-7-10-11(14)5-4-6-12(10)17/h4-6,13-14H,3,7-8H2,1-2H3,(H2,19,20,22)/t13-,14+/m1/s1. The Balaban J connectivity index is 1.65. The molecule has 0 radical (unpaired) electrons. The second kappa shape index (κ2) is 6.36. The molecule has 1 heterocycles. The van der Waals surface area contributed by atoms with Gasteiger partial charge in [-0.3, -0.25) is 0 Å². The van der Waals surface area contributed by atoms with Crippen LogP contribution in [0.5, 0.6) is 0 Å². The van der Waals surface area contributed by atoms with Gasteiger partial charge in [-0.1, -0.05) is 24.2 Å². The fraction of sp³-hybridized carbons (Fsp3) is 0.438. The summed E-state index contributed by atoms with van der Waals surface area (Å²) in [6, 6.07) is 4.17. The molecule has 3 rings (SSSR count). The van der Waals surface area contributed by atoms with Crippen molar-refractivity contribution < 1.29 is 13.7 Å². The van der Waals surface area contributed by atoms with E-state index in [4.69, 9.17) is 4.52 Å². The van der Waals surface area contributed by atoms with Crippen LogP contribution in [0, 0.1) is 12.7 Å². The maximum atomic E-state index is 13.7. The van der Waals surface area contributed by atoms with Crippen molar-refractivity contribution >= 4 is 6.03 Å². The first-order chi connectivity index (χ1) is 11.1. The monoisotopic (exact) mass is 318 g/mol. The van der Waals surface area contributed by atoms with Crippen LogP contribution in [0.25, 0.3) is 0 Å². The minimum Gasteiger partial charge on any atom is -0.340 e. The second-order valence-electron chi connectivity index (χ2n) is 5.65. The van der Waals surface area contributed by atoms with E-state index in [9.17, 15) is 9.18 Å². The first-order valence-corrected chi connectivity index (χ1v) is 7.73. The van der Waals surface area contributed by atoms with Gasteiger partial charge in [-0.2, -0.15) is 4.98 Å². The molecule has 0 spiro atoms. The highest BCUT2D eigenvalue weighted by atomic mass is 19.1. The summed E-state index contributed by atoms with van der Waals surface area (Å²) >= 11 is 0. The molecule has 0 fully saturated rings. The Kier molecular flexibility index (Phi) is 4.27. The zero-order valence-electron chi connectivity index (χ0n) is 13.1. The van der Waals surface area contributed by atoms with E-state index in [0.717, 1.165) is 5.56 Å². The first kappa shape index (κ1) is 15.5. The molecule has 1 aromatic carbocycles. The lowest BCUT2D eigenvalue weighted by atomic mass is 10.1. The maximum Gasteiger partial charge on any atom is 0.315 e. The van der Waals surface area contributed by atoms with Crippen LogP contribution in [-0.2, 0) is 6.42 Å². The van der Waals surface area contributed by atoms with Crippen molar-refractivity contribution in [1.29, 1.82) is 0 Å². The molecular weight excluding hydrogens is 299 g/mol. The number of nitrogens with one attached hydrogen (secondary N) is 2. The molecule has 0 saturated carbocycles. The van der Waals surface area contributed by atoms with Gasteiger partial charge in [0.1, 0.15) is 5.82 Å². The molecule has 6 nitrogen and oxygen atoms in total. The number of hydrogen-bond acceptors (Lipinski definition) is 4. The highest BCUT2D eigenvalue weighted by molar-refractivity contribution is 5.75.